The van der Waals surface area contributed by atoms with Crippen molar-refractivity contribution in [1.82, 2.24) is 15.5 Å². The molecule has 170 valence electrons. The summed E-state index contributed by atoms with van der Waals surface area (Å²) in [5.74, 6) is -0.297. The maximum Gasteiger partial charge on any atom is 0.191 e. The molecule has 0 radical (unpaired) electrons. The van der Waals surface area contributed by atoms with Crippen molar-refractivity contribution in [1.29, 1.82) is 0 Å². The van der Waals surface area contributed by atoms with E-state index in [0.29, 0.717) is 13.1 Å². The molecule has 30 heavy (non-hydrogen) atoms. The molecule has 1 aromatic carbocycles. The molecule has 0 bridgehead atoms. The van der Waals surface area contributed by atoms with Gasteiger partial charge in [-0.2, -0.15) is 0 Å². The number of para-hydroxylation sites is 1. The van der Waals surface area contributed by atoms with E-state index in [4.69, 9.17) is 4.74 Å². The van der Waals surface area contributed by atoms with Crippen molar-refractivity contribution in [3.05, 3.63) is 29.8 Å². The molecule has 3 rings (SSSR count). The number of anilines is 1. The van der Waals surface area contributed by atoms with Gasteiger partial charge >= 0.3 is 0 Å². The molecule has 3 unspecified atom stereocenters. The first kappa shape index (κ1) is 25.1. The lowest BCUT2D eigenvalue weighted by atomic mass is 10.2. The summed E-state index contributed by atoms with van der Waals surface area (Å²) in [4.78, 5) is 8.49. The Bertz CT molecular complexity index is 678. The van der Waals surface area contributed by atoms with Crippen molar-refractivity contribution in [3.63, 3.8) is 0 Å². The number of benzene rings is 1. The first-order valence-corrected chi connectivity index (χ1v) is 10.5. The average Bonchev–Trinajstić information content (AvgIpc) is 3.11. The first-order valence-electron chi connectivity index (χ1n) is 10.5. The molecule has 2 aliphatic heterocycles. The summed E-state index contributed by atoms with van der Waals surface area (Å²) in [7, 11) is 1.74. The van der Waals surface area contributed by atoms with Gasteiger partial charge in [-0.05, 0) is 38.8 Å². The third kappa shape index (κ3) is 6.91. The highest BCUT2D eigenvalue weighted by Crippen LogP contribution is 2.26. The Morgan fingerprint density at radius 3 is 2.47 bits per heavy atom. The van der Waals surface area contributed by atoms with E-state index < -0.39 is 11.6 Å². The lowest BCUT2D eigenvalue weighted by Crippen LogP contribution is -2.47. The lowest BCUT2D eigenvalue weighted by molar-refractivity contribution is -0.0679. The van der Waals surface area contributed by atoms with Crippen LogP contribution < -0.4 is 15.5 Å². The summed E-state index contributed by atoms with van der Waals surface area (Å²) in [6.45, 7) is 9.17. The van der Waals surface area contributed by atoms with E-state index in [2.05, 4.69) is 34.4 Å². The average molecular weight is 537 g/mol. The molecule has 1 aromatic rings. The molecule has 2 saturated heterocycles. The van der Waals surface area contributed by atoms with E-state index in [1.807, 2.05) is 0 Å². The van der Waals surface area contributed by atoms with Gasteiger partial charge in [0.1, 0.15) is 17.3 Å². The minimum atomic E-state index is -0.514. The lowest BCUT2D eigenvalue weighted by Gasteiger charge is -2.35. The van der Waals surface area contributed by atoms with E-state index in [-0.39, 0.29) is 47.9 Å². The number of nitrogens with zero attached hydrogens (tertiary/aromatic N) is 3. The molecule has 0 aliphatic carbocycles. The molecular weight excluding hydrogens is 503 g/mol. The molecule has 0 amide bonds. The van der Waals surface area contributed by atoms with Gasteiger partial charge in [0.2, 0.25) is 0 Å². The van der Waals surface area contributed by atoms with E-state index in [1.54, 1.807) is 11.9 Å². The predicted molar refractivity (Wildman–Crippen MR) is 128 cm³/mol. The number of hydrogen-bond donors (Lipinski definition) is 2. The molecule has 2 N–H and O–H groups in total. The molecule has 2 fully saturated rings. The molecule has 9 heteroatoms. The van der Waals surface area contributed by atoms with Crippen LogP contribution in [0, 0.1) is 11.6 Å². The standard InChI is InChI=1S/C21H33F2N5O.HI/c1-15-12-27(13-16(2)29-15)10-5-9-25-21(24-3)26-17-8-11-28(14-17)20-18(22)6-4-7-19(20)23;/h4,6-7,15-17H,5,8-14H2,1-3H3,(H2,24,25,26);1H. The number of hydrogen-bond acceptors (Lipinski definition) is 4. The van der Waals surface area contributed by atoms with E-state index in [1.165, 1.54) is 18.2 Å². The minimum Gasteiger partial charge on any atom is -0.373 e. The highest BCUT2D eigenvalue weighted by atomic mass is 127. The van der Waals surface area contributed by atoms with Crippen LogP contribution in [0.4, 0.5) is 14.5 Å². The Hall–Kier alpha value is -1.20. The number of aliphatic imine (C=N–C) groups is 1. The zero-order valence-corrected chi connectivity index (χ0v) is 20.4. The van der Waals surface area contributed by atoms with Crippen LogP contribution in [0.5, 0.6) is 0 Å². The third-order valence-electron chi connectivity index (χ3n) is 5.45. The number of guanidine groups is 1. The highest BCUT2D eigenvalue weighted by molar-refractivity contribution is 14.0. The van der Waals surface area contributed by atoms with Gasteiger partial charge in [-0.1, -0.05) is 6.07 Å². The van der Waals surface area contributed by atoms with Crippen LogP contribution >= 0.6 is 24.0 Å². The Morgan fingerprint density at radius 2 is 1.83 bits per heavy atom. The second-order valence-electron chi connectivity index (χ2n) is 8.02. The van der Waals surface area contributed by atoms with Crippen molar-refractivity contribution in [2.75, 3.05) is 51.2 Å². The molecule has 2 aliphatic rings. The summed E-state index contributed by atoms with van der Waals surface area (Å²) < 4.78 is 33.8. The summed E-state index contributed by atoms with van der Waals surface area (Å²) in [6.07, 6.45) is 2.38. The maximum atomic E-state index is 14.0. The van der Waals surface area contributed by atoms with Crippen molar-refractivity contribution >= 4 is 35.6 Å². The van der Waals surface area contributed by atoms with Crippen molar-refractivity contribution in [3.8, 4) is 0 Å². The number of morpholine rings is 1. The van der Waals surface area contributed by atoms with Gasteiger partial charge in [0.15, 0.2) is 5.96 Å². The van der Waals surface area contributed by atoms with Crippen molar-refractivity contribution in [2.45, 2.75) is 44.9 Å². The fourth-order valence-corrected chi connectivity index (χ4v) is 4.24. The summed E-state index contributed by atoms with van der Waals surface area (Å²) in [5, 5.41) is 6.73. The minimum absolute atomic E-state index is 0. The fraction of sp³-hybridized carbons (Fsp3) is 0.667. The van der Waals surface area contributed by atoms with E-state index in [0.717, 1.165) is 45.0 Å². The van der Waals surface area contributed by atoms with Crippen LogP contribution in [-0.2, 0) is 4.74 Å². The number of ether oxygens (including phenoxy) is 1. The maximum absolute atomic E-state index is 14.0. The van der Waals surface area contributed by atoms with Gasteiger partial charge in [-0.25, -0.2) is 8.78 Å². The molecule has 0 aromatic heterocycles. The third-order valence-corrected chi connectivity index (χ3v) is 5.45. The van der Waals surface area contributed by atoms with Crippen LogP contribution in [-0.4, -0.2) is 75.4 Å². The topological polar surface area (TPSA) is 52.1 Å². The van der Waals surface area contributed by atoms with Crippen LogP contribution in [0.3, 0.4) is 0 Å². The van der Waals surface area contributed by atoms with Crippen LogP contribution in [0.2, 0.25) is 0 Å². The first-order chi connectivity index (χ1) is 14.0. The molecular formula is C21H34F2IN5O. The molecule has 6 nitrogen and oxygen atoms in total. The smallest absolute Gasteiger partial charge is 0.191 e. The highest BCUT2D eigenvalue weighted by Gasteiger charge is 2.27. The van der Waals surface area contributed by atoms with Crippen LogP contribution in [0.25, 0.3) is 0 Å². The van der Waals surface area contributed by atoms with Gasteiger partial charge in [0.05, 0.1) is 12.2 Å². The zero-order valence-electron chi connectivity index (χ0n) is 18.0. The Labute approximate surface area is 195 Å². The van der Waals surface area contributed by atoms with Gasteiger partial charge in [-0.3, -0.25) is 9.89 Å². The second-order valence-corrected chi connectivity index (χ2v) is 8.02. The quantitative estimate of drug-likeness (QED) is 0.253. The van der Waals surface area contributed by atoms with Crippen LogP contribution in [0.1, 0.15) is 26.7 Å². The molecule has 3 atom stereocenters. The van der Waals surface area contributed by atoms with Gasteiger partial charge < -0.3 is 20.3 Å². The van der Waals surface area contributed by atoms with E-state index in [9.17, 15) is 8.78 Å². The zero-order chi connectivity index (χ0) is 20.8. The summed E-state index contributed by atoms with van der Waals surface area (Å²) in [6, 6.07) is 4.09. The Morgan fingerprint density at radius 1 is 1.17 bits per heavy atom. The summed E-state index contributed by atoms with van der Waals surface area (Å²) in [5.41, 5.74) is 0.0636. The predicted octanol–water partition coefficient (Wildman–Crippen LogP) is 2.83. The molecule has 0 spiro atoms. The Balaban J connectivity index is 0.00000320. The number of nitrogens with one attached hydrogen (secondary N) is 2. The second kappa shape index (κ2) is 12.0. The van der Waals surface area contributed by atoms with Crippen LogP contribution in [0.15, 0.2) is 23.2 Å². The van der Waals surface area contributed by atoms with Gasteiger partial charge in [0.25, 0.3) is 0 Å². The Kier molecular flexibility index (Phi) is 10.0. The summed E-state index contributed by atoms with van der Waals surface area (Å²) >= 11 is 0. The van der Waals surface area contributed by atoms with Gasteiger partial charge in [0, 0.05) is 52.4 Å². The number of halogens is 3. The van der Waals surface area contributed by atoms with Crippen molar-refractivity contribution in [2.24, 2.45) is 4.99 Å². The van der Waals surface area contributed by atoms with Crippen molar-refractivity contribution < 1.29 is 13.5 Å². The largest absolute Gasteiger partial charge is 0.373 e. The monoisotopic (exact) mass is 537 g/mol. The fourth-order valence-electron chi connectivity index (χ4n) is 4.24. The molecule has 0 saturated carbocycles. The normalized spacial score (nSPS) is 25.2. The molecule has 2 heterocycles. The van der Waals surface area contributed by atoms with E-state index >= 15 is 0 Å². The SMILES string of the molecule is CN=C(NCCCN1CC(C)OC(C)C1)NC1CCN(c2c(F)cccc2F)C1.I. The number of rotatable bonds is 6. The van der Waals surface area contributed by atoms with Gasteiger partial charge in [-0.15, -0.1) is 24.0 Å².